The maximum absolute atomic E-state index is 11.9. The molecule has 0 aromatic carbocycles. The summed E-state index contributed by atoms with van der Waals surface area (Å²) in [4.78, 5) is 13.8. The highest BCUT2D eigenvalue weighted by Crippen LogP contribution is 2.25. The molecule has 0 bridgehead atoms. The highest BCUT2D eigenvalue weighted by Gasteiger charge is 2.37. The predicted octanol–water partition coefficient (Wildman–Crippen LogP) is -0.565. The van der Waals surface area contributed by atoms with Gasteiger partial charge in [-0.15, -0.1) is 0 Å². The number of carbonyl (C=O) groups excluding carboxylic acids is 1. The van der Waals surface area contributed by atoms with Crippen molar-refractivity contribution in [3.8, 4) is 0 Å². The molecule has 2 fully saturated rings. The molecule has 0 spiro atoms. The Hall–Kier alpha value is -0.610. The molecule has 2 atom stereocenters. The number of hydrogen-bond acceptors (Lipinski definition) is 3. The summed E-state index contributed by atoms with van der Waals surface area (Å²) in [6, 6.07) is 0.216. The maximum atomic E-state index is 11.9. The van der Waals surface area contributed by atoms with Gasteiger partial charge >= 0.3 is 0 Å². The van der Waals surface area contributed by atoms with Crippen LogP contribution in [0.4, 0.5) is 0 Å². The SMILES string of the molecule is CC1C(CO)CCN1C(=O)C1CNC1. The van der Waals surface area contributed by atoms with E-state index in [2.05, 4.69) is 5.32 Å². The van der Waals surface area contributed by atoms with E-state index in [-0.39, 0.29) is 30.4 Å². The van der Waals surface area contributed by atoms with Crippen LogP contribution in [0.1, 0.15) is 13.3 Å². The topological polar surface area (TPSA) is 52.6 Å². The van der Waals surface area contributed by atoms with E-state index in [1.807, 2.05) is 11.8 Å². The quantitative estimate of drug-likeness (QED) is 0.625. The van der Waals surface area contributed by atoms with Gasteiger partial charge in [-0.25, -0.2) is 0 Å². The molecule has 2 heterocycles. The van der Waals surface area contributed by atoms with Gasteiger partial charge in [0, 0.05) is 38.2 Å². The summed E-state index contributed by atoms with van der Waals surface area (Å²) in [7, 11) is 0. The van der Waals surface area contributed by atoms with Gasteiger partial charge in [0.05, 0.1) is 5.92 Å². The zero-order chi connectivity index (χ0) is 10.1. The number of carbonyl (C=O) groups is 1. The van der Waals surface area contributed by atoms with Crippen LogP contribution in [0, 0.1) is 11.8 Å². The highest BCUT2D eigenvalue weighted by molar-refractivity contribution is 5.80. The molecule has 0 aromatic rings. The maximum Gasteiger partial charge on any atom is 0.228 e. The monoisotopic (exact) mass is 198 g/mol. The highest BCUT2D eigenvalue weighted by atomic mass is 16.3. The summed E-state index contributed by atoms with van der Waals surface area (Å²) >= 11 is 0. The van der Waals surface area contributed by atoms with Crippen molar-refractivity contribution in [3.05, 3.63) is 0 Å². The summed E-state index contributed by atoms with van der Waals surface area (Å²) in [6.07, 6.45) is 0.948. The first-order chi connectivity index (χ1) is 6.74. The molecule has 2 aliphatic heterocycles. The smallest absolute Gasteiger partial charge is 0.228 e. The van der Waals surface area contributed by atoms with E-state index < -0.39 is 0 Å². The number of nitrogens with zero attached hydrogens (tertiary/aromatic N) is 1. The second-order valence-electron chi connectivity index (χ2n) is 4.36. The number of aliphatic hydroxyl groups excluding tert-OH is 1. The fraction of sp³-hybridized carbons (Fsp3) is 0.900. The Morgan fingerprint density at radius 2 is 2.29 bits per heavy atom. The molecule has 80 valence electrons. The lowest BCUT2D eigenvalue weighted by molar-refractivity contribution is -0.138. The molecular formula is C10H18N2O2. The minimum Gasteiger partial charge on any atom is -0.396 e. The van der Waals surface area contributed by atoms with Gasteiger partial charge in [0.25, 0.3) is 0 Å². The van der Waals surface area contributed by atoms with Crippen LogP contribution >= 0.6 is 0 Å². The number of aliphatic hydroxyl groups is 1. The first-order valence-electron chi connectivity index (χ1n) is 5.36. The summed E-state index contributed by atoms with van der Waals surface area (Å²) < 4.78 is 0. The van der Waals surface area contributed by atoms with Crippen LogP contribution in [0.5, 0.6) is 0 Å². The van der Waals surface area contributed by atoms with E-state index in [1.54, 1.807) is 0 Å². The number of nitrogens with one attached hydrogen (secondary N) is 1. The Morgan fingerprint density at radius 1 is 1.57 bits per heavy atom. The first-order valence-corrected chi connectivity index (χ1v) is 5.36. The van der Waals surface area contributed by atoms with Crippen molar-refractivity contribution >= 4 is 5.91 Å². The van der Waals surface area contributed by atoms with Gasteiger partial charge in [-0.1, -0.05) is 0 Å². The molecule has 0 radical (unpaired) electrons. The normalized spacial score (nSPS) is 33.1. The third-order valence-electron chi connectivity index (χ3n) is 3.56. The Morgan fingerprint density at radius 3 is 2.71 bits per heavy atom. The molecule has 2 saturated heterocycles. The summed E-state index contributed by atoms with van der Waals surface area (Å²) in [5.41, 5.74) is 0. The fourth-order valence-electron chi connectivity index (χ4n) is 2.26. The average Bonchev–Trinajstić information content (AvgIpc) is 2.43. The van der Waals surface area contributed by atoms with Gasteiger partial charge < -0.3 is 15.3 Å². The largest absolute Gasteiger partial charge is 0.396 e. The molecule has 2 unspecified atom stereocenters. The van der Waals surface area contributed by atoms with Crippen LogP contribution in [-0.4, -0.2) is 48.2 Å². The van der Waals surface area contributed by atoms with Crippen molar-refractivity contribution in [3.63, 3.8) is 0 Å². The Kier molecular flexibility index (Phi) is 2.74. The molecule has 1 amide bonds. The van der Waals surface area contributed by atoms with E-state index in [1.165, 1.54) is 0 Å². The minimum absolute atomic E-state index is 0.190. The molecule has 14 heavy (non-hydrogen) atoms. The molecule has 4 heteroatoms. The molecule has 2 rings (SSSR count). The van der Waals surface area contributed by atoms with E-state index in [4.69, 9.17) is 5.11 Å². The zero-order valence-electron chi connectivity index (χ0n) is 8.57. The molecule has 2 N–H and O–H groups in total. The molecule has 0 aliphatic carbocycles. The standard InChI is InChI=1S/C10H18N2O2/c1-7-8(6-13)2-3-12(7)10(14)9-4-11-5-9/h7-9,11,13H,2-6H2,1H3. The lowest BCUT2D eigenvalue weighted by atomic mass is 10.00. The van der Waals surface area contributed by atoms with E-state index in [9.17, 15) is 4.79 Å². The van der Waals surface area contributed by atoms with E-state index in [0.29, 0.717) is 0 Å². The zero-order valence-corrected chi connectivity index (χ0v) is 8.57. The van der Waals surface area contributed by atoms with E-state index >= 15 is 0 Å². The van der Waals surface area contributed by atoms with Crippen LogP contribution in [0.25, 0.3) is 0 Å². The fourth-order valence-corrected chi connectivity index (χ4v) is 2.26. The van der Waals surface area contributed by atoms with Crippen molar-refractivity contribution in [2.45, 2.75) is 19.4 Å². The summed E-state index contributed by atoms with van der Waals surface area (Å²) in [5.74, 6) is 0.745. The van der Waals surface area contributed by atoms with Crippen LogP contribution in [-0.2, 0) is 4.79 Å². The number of amides is 1. The summed E-state index contributed by atoms with van der Waals surface area (Å²) in [5, 5.41) is 12.2. The first kappa shape index (κ1) is 9.93. The van der Waals surface area contributed by atoms with Gasteiger partial charge in [-0.3, -0.25) is 4.79 Å². The second kappa shape index (κ2) is 3.87. The van der Waals surface area contributed by atoms with Crippen molar-refractivity contribution < 1.29 is 9.90 Å². The van der Waals surface area contributed by atoms with Crippen molar-refractivity contribution in [2.75, 3.05) is 26.2 Å². The van der Waals surface area contributed by atoms with Crippen molar-refractivity contribution in [2.24, 2.45) is 11.8 Å². The lowest BCUT2D eigenvalue weighted by Gasteiger charge is -2.33. The molecule has 4 nitrogen and oxygen atoms in total. The lowest BCUT2D eigenvalue weighted by Crippen LogP contribution is -2.53. The van der Waals surface area contributed by atoms with Crippen LogP contribution < -0.4 is 5.32 Å². The van der Waals surface area contributed by atoms with E-state index in [0.717, 1.165) is 26.1 Å². The van der Waals surface area contributed by atoms with Crippen molar-refractivity contribution in [1.82, 2.24) is 10.2 Å². The third kappa shape index (κ3) is 1.53. The number of hydrogen-bond donors (Lipinski definition) is 2. The van der Waals surface area contributed by atoms with Crippen molar-refractivity contribution in [1.29, 1.82) is 0 Å². The van der Waals surface area contributed by atoms with Crippen LogP contribution in [0.2, 0.25) is 0 Å². The number of rotatable bonds is 2. The average molecular weight is 198 g/mol. The Balaban J connectivity index is 1.94. The molecule has 0 saturated carbocycles. The minimum atomic E-state index is 0.190. The molecule has 2 aliphatic rings. The van der Waals surface area contributed by atoms with Gasteiger partial charge in [-0.05, 0) is 13.3 Å². The molecule has 0 aromatic heterocycles. The predicted molar refractivity (Wildman–Crippen MR) is 52.7 cm³/mol. The Labute approximate surface area is 84.3 Å². The van der Waals surface area contributed by atoms with Crippen LogP contribution in [0.15, 0.2) is 0 Å². The van der Waals surface area contributed by atoms with Crippen LogP contribution in [0.3, 0.4) is 0 Å². The van der Waals surface area contributed by atoms with Gasteiger partial charge in [0.1, 0.15) is 0 Å². The molecular weight excluding hydrogens is 180 g/mol. The summed E-state index contributed by atoms with van der Waals surface area (Å²) in [6.45, 7) is 4.71. The van der Waals surface area contributed by atoms with Gasteiger partial charge in [0.15, 0.2) is 0 Å². The van der Waals surface area contributed by atoms with Gasteiger partial charge in [-0.2, -0.15) is 0 Å². The Bertz CT molecular complexity index is 228. The van der Waals surface area contributed by atoms with Gasteiger partial charge in [0.2, 0.25) is 5.91 Å². The second-order valence-corrected chi connectivity index (χ2v) is 4.36. The third-order valence-corrected chi connectivity index (χ3v) is 3.56. The number of likely N-dealkylation sites (tertiary alicyclic amines) is 1.